The predicted molar refractivity (Wildman–Crippen MR) is 127 cm³/mol. The summed E-state index contributed by atoms with van der Waals surface area (Å²) in [6, 6.07) is 17.2. The van der Waals surface area contributed by atoms with Gasteiger partial charge in [-0.25, -0.2) is 8.42 Å². The zero-order valence-corrected chi connectivity index (χ0v) is 19.8. The van der Waals surface area contributed by atoms with Gasteiger partial charge in [0, 0.05) is 35.7 Å². The van der Waals surface area contributed by atoms with Crippen LogP contribution < -0.4 is 10.9 Å². The van der Waals surface area contributed by atoms with E-state index < -0.39 is 28.4 Å². The van der Waals surface area contributed by atoms with E-state index in [1.807, 2.05) is 31.2 Å². The van der Waals surface area contributed by atoms with E-state index in [1.165, 1.54) is 19.2 Å². The number of sulfonamides is 1. The first kappa shape index (κ1) is 24.4. The molecule has 10 heteroatoms. The van der Waals surface area contributed by atoms with Crippen molar-refractivity contribution < 1.29 is 18.0 Å². The molecule has 2 N–H and O–H groups in total. The van der Waals surface area contributed by atoms with Gasteiger partial charge in [0.05, 0.1) is 11.4 Å². The fourth-order valence-electron chi connectivity index (χ4n) is 2.77. The van der Waals surface area contributed by atoms with Crippen molar-refractivity contribution in [3.05, 3.63) is 89.7 Å². The molecule has 2 amide bonds. The largest absolute Gasteiger partial charge is 0.272 e. The van der Waals surface area contributed by atoms with Crippen LogP contribution >= 0.6 is 11.8 Å². The van der Waals surface area contributed by atoms with Gasteiger partial charge in [-0.3, -0.25) is 25.4 Å². The van der Waals surface area contributed by atoms with Gasteiger partial charge in [-0.05, 0) is 55.0 Å². The Kier molecular flexibility index (Phi) is 8.21. The topological polar surface area (TPSA) is 108 Å². The predicted octanol–water partition coefficient (Wildman–Crippen LogP) is 2.76. The Morgan fingerprint density at radius 3 is 2.33 bits per heavy atom. The Hall–Kier alpha value is -3.21. The number of thioether (sulfide) groups is 1. The smallest absolute Gasteiger partial charge is 0.269 e. The van der Waals surface area contributed by atoms with E-state index in [0.717, 1.165) is 26.1 Å². The molecule has 0 radical (unpaired) electrons. The Morgan fingerprint density at radius 2 is 1.70 bits per heavy atom. The van der Waals surface area contributed by atoms with E-state index in [0.29, 0.717) is 5.56 Å². The number of hydrazine groups is 1. The summed E-state index contributed by atoms with van der Waals surface area (Å²) < 4.78 is 26.1. The second-order valence-electron chi connectivity index (χ2n) is 7.25. The number of aryl methyl sites for hydroxylation is 1. The number of aromatic nitrogens is 1. The van der Waals surface area contributed by atoms with E-state index in [9.17, 15) is 18.0 Å². The number of amides is 2. The second kappa shape index (κ2) is 11.1. The van der Waals surface area contributed by atoms with Crippen molar-refractivity contribution in [1.82, 2.24) is 20.1 Å². The van der Waals surface area contributed by atoms with Crippen LogP contribution in [0.5, 0.6) is 0 Å². The van der Waals surface area contributed by atoms with Crippen LogP contribution in [0.3, 0.4) is 0 Å². The van der Waals surface area contributed by atoms with Gasteiger partial charge in [-0.15, -0.1) is 11.8 Å². The molecule has 0 fully saturated rings. The standard InChI is InChI=1S/C23H24N4O4S2/c1-17-5-11-21(12-6-17)33(30,31)27(2)15-22(28)25-26-23(29)19-7-9-20(10-8-19)32-16-18-4-3-13-24-14-18/h3-14H,15-16H2,1-2H3,(H,25,28)(H,26,29). The molecule has 0 saturated carbocycles. The summed E-state index contributed by atoms with van der Waals surface area (Å²) in [6.07, 6.45) is 3.53. The molecule has 0 aliphatic heterocycles. The normalized spacial score (nSPS) is 11.2. The number of carbonyl (C=O) groups is 2. The van der Waals surface area contributed by atoms with Crippen LogP contribution in [0.25, 0.3) is 0 Å². The number of hydrogen-bond acceptors (Lipinski definition) is 6. The Labute approximate surface area is 197 Å². The van der Waals surface area contributed by atoms with Gasteiger partial charge in [0.25, 0.3) is 11.8 Å². The number of nitrogens with one attached hydrogen (secondary N) is 2. The average molecular weight is 485 g/mol. The van der Waals surface area contributed by atoms with Gasteiger partial charge in [-0.2, -0.15) is 4.31 Å². The summed E-state index contributed by atoms with van der Waals surface area (Å²) in [7, 11) is -2.51. The minimum absolute atomic E-state index is 0.0916. The second-order valence-corrected chi connectivity index (χ2v) is 10.3. The lowest BCUT2D eigenvalue weighted by molar-refractivity contribution is -0.121. The number of pyridine rings is 1. The van der Waals surface area contributed by atoms with Gasteiger partial charge < -0.3 is 0 Å². The summed E-state index contributed by atoms with van der Waals surface area (Å²) in [6.45, 7) is 1.41. The van der Waals surface area contributed by atoms with Gasteiger partial charge in [0.2, 0.25) is 10.0 Å². The van der Waals surface area contributed by atoms with Crippen molar-refractivity contribution >= 4 is 33.6 Å². The van der Waals surface area contributed by atoms with Crippen LogP contribution in [-0.4, -0.2) is 43.1 Å². The van der Waals surface area contributed by atoms with Gasteiger partial charge in [0.1, 0.15) is 0 Å². The third kappa shape index (κ3) is 6.88. The summed E-state index contributed by atoms with van der Waals surface area (Å²) in [5.74, 6) is -0.407. The molecule has 3 aromatic rings. The van der Waals surface area contributed by atoms with Crippen molar-refractivity contribution in [2.75, 3.05) is 13.6 Å². The SMILES string of the molecule is Cc1ccc(S(=O)(=O)N(C)CC(=O)NNC(=O)c2ccc(SCc3cccnc3)cc2)cc1. The molecule has 0 spiro atoms. The van der Waals surface area contributed by atoms with Gasteiger partial charge >= 0.3 is 0 Å². The van der Waals surface area contributed by atoms with Crippen molar-refractivity contribution in [3.63, 3.8) is 0 Å². The van der Waals surface area contributed by atoms with Crippen LogP contribution in [0, 0.1) is 6.92 Å². The Morgan fingerprint density at radius 1 is 1.00 bits per heavy atom. The molecular weight excluding hydrogens is 460 g/mol. The molecule has 0 unspecified atom stereocenters. The molecule has 0 atom stereocenters. The quantitative estimate of drug-likeness (QED) is 0.376. The number of carbonyl (C=O) groups excluding carboxylic acids is 2. The molecule has 2 aromatic carbocycles. The molecule has 33 heavy (non-hydrogen) atoms. The molecule has 0 aliphatic rings. The van der Waals surface area contributed by atoms with Crippen molar-refractivity contribution in [2.45, 2.75) is 22.5 Å². The molecule has 172 valence electrons. The average Bonchev–Trinajstić information content (AvgIpc) is 2.82. The molecular formula is C23H24N4O4S2. The highest BCUT2D eigenvalue weighted by Crippen LogP contribution is 2.22. The lowest BCUT2D eigenvalue weighted by Gasteiger charge is -2.17. The summed E-state index contributed by atoms with van der Waals surface area (Å²) in [5.41, 5.74) is 6.94. The molecule has 0 saturated heterocycles. The Bertz CT molecular complexity index is 1200. The van der Waals surface area contributed by atoms with Crippen LogP contribution in [-0.2, 0) is 20.6 Å². The number of likely N-dealkylation sites (N-methyl/N-ethyl adjacent to an activating group) is 1. The maximum atomic E-state index is 12.6. The van der Waals surface area contributed by atoms with Gasteiger partial charge in [-0.1, -0.05) is 23.8 Å². The zero-order chi connectivity index (χ0) is 23.8. The summed E-state index contributed by atoms with van der Waals surface area (Å²) in [4.78, 5) is 29.6. The van der Waals surface area contributed by atoms with Crippen molar-refractivity contribution in [2.24, 2.45) is 0 Å². The van der Waals surface area contributed by atoms with Gasteiger partial charge in [0.15, 0.2) is 0 Å². The van der Waals surface area contributed by atoms with E-state index in [2.05, 4.69) is 15.8 Å². The number of nitrogens with zero attached hydrogens (tertiary/aromatic N) is 2. The van der Waals surface area contributed by atoms with Crippen LogP contribution in [0.4, 0.5) is 0 Å². The molecule has 3 rings (SSSR count). The van der Waals surface area contributed by atoms with Crippen molar-refractivity contribution in [1.29, 1.82) is 0 Å². The van der Waals surface area contributed by atoms with Crippen LogP contribution in [0.1, 0.15) is 21.5 Å². The molecule has 0 aliphatic carbocycles. The molecule has 8 nitrogen and oxygen atoms in total. The van der Waals surface area contributed by atoms with E-state index >= 15 is 0 Å². The zero-order valence-electron chi connectivity index (χ0n) is 18.2. The lowest BCUT2D eigenvalue weighted by Crippen LogP contribution is -2.46. The van der Waals surface area contributed by atoms with E-state index in [4.69, 9.17) is 0 Å². The Balaban J connectivity index is 1.48. The molecule has 1 aromatic heterocycles. The minimum atomic E-state index is -3.82. The summed E-state index contributed by atoms with van der Waals surface area (Å²) >= 11 is 1.62. The van der Waals surface area contributed by atoms with E-state index in [1.54, 1.807) is 48.4 Å². The third-order valence-corrected chi connectivity index (χ3v) is 7.56. The minimum Gasteiger partial charge on any atom is -0.272 e. The monoisotopic (exact) mass is 484 g/mol. The maximum absolute atomic E-state index is 12.6. The maximum Gasteiger partial charge on any atom is 0.269 e. The highest BCUT2D eigenvalue weighted by Gasteiger charge is 2.23. The summed E-state index contributed by atoms with van der Waals surface area (Å²) in [5, 5.41) is 0. The molecule has 1 heterocycles. The fraction of sp³-hybridized carbons (Fsp3) is 0.174. The van der Waals surface area contributed by atoms with Crippen LogP contribution in [0.15, 0.2) is 82.8 Å². The number of rotatable bonds is 8. The fourth-order valence-corrected chi connectivity index (χ4v) is 4.73. The van der Waals surface area contributed by atoms with E-state index in [-0.39, 0.29) is 4.90 Å². The highest BCUT2D eigenvalue weighted by atomic mass is 32.2. The van der Waals surface area contributed by atoms with Crippen molar-refractivity contribution in [3.8, 4) is 0 Å². The lowest BCUT2D eigenvalue weighted by atomic mass is 10.2. The third-order valence-electron chi connectivity index (χ3n) is 4.66. The first-order valence-corrected chi connectivity index (χ1v) is 12.4. The highest BCUT2D eigenvalue weighted by molar-refractivity contribution is 7.98. The van der Waals surface area contributed by atoms with Crippen LogP contribution in [0.2, 0.25) is 0 Å². The first-order chi connectivity index (χ1) is 15.8. The number of hydrogen-bond donors (Lipinski definition) is 2. The molecule has 0 bridgehead atoms. The number of benzene rings is 2. The first-order valence-electron chi connectivity index (χ1n) is 9.99.